The van der Waals surface area contributed by atoms with Gasteiger partial charge in [0.05, 0.1) is 10.8 Å². The predicted octanol–water partition coefficient (Wildman–Crippen LogP) is 3.00. The maximum Gasteiger partial charge on any atom is 0.309 e. The Balaban J connectivity index is 1.29. The summed E-state index contributed by atoms with van der Waals surface area (Å²) in [6.07, 6.45) is 0.849. The fraction of sp³-hybridized carbons (Fsp3) is 0.353. The van der Waals surface area contributed by atoms with Gasteiger partial charge in [-0.05, 0) is 35.7 Å². The summed E-state index contributed by atoms with van der Waals surface area (Å²) in [5, 5.41) is 7.52. The third-order valence-electron chi connectivity index (χ3n) is 4.42. The van der Waals surface area contributed by atoms with Gasteiger partial charge in [0, 0.05) is 13.1 Å². The third-order valence-corrected chi connectivity index (χ3v) is 8.56. The summed E-state index contributed by atoms with van der Waals surface area (Å²) in [4.78, 5) is 17.4. The van der Waals surface area contributed by atoms with E-state index in [2.05, 4.69) is 10.1 Å². The minimum absolute atomic E-state index is 0.0923. The molecule has 3 aromatic heterocycles. The van der Waals surface area contributed by atoms with E-state index in [9.17, 15) is 13.2 Å². The molecule has 3 aromatic rings. The van der Waals surface area contributed by atoms with Gasteiger partial charge in [-0.2, -0.15) is 9.29 Å². The lowest BCUT2D eigenvalue weighted by Gasteiger charge is -2.29. The first-order chi connectivity index (χ1) is 13.5. The van der Waals surface area contributed by atoms with E-state index in [1.165, 1.54) is 27.0 Å². The van der Waals surface area contributed by atoms with Crippen LogP contribution in [0.5, 0.6) is 0 Å². The molecular formula is C17H17N3O5S3. The van der Waals surface area contributed by atoms with Crippen molar-refractivity contribution in [2.45, 2.75) is 23.7 Å². The van der Waals surface area contributed by atoms with Crippen LogP contribution >= 0.6 is 22.7 Å². The summed E-state index contributed by atoms with van der Waals surface area (Å²) in [6.45, 7) is 0.497. The average Bonchev–Trinajstić information content (AvgIpc) is 3.48. The summed E-state index contributed by atoms with van der Waals surface area (Å²) in [5.74, 6) is -0.0129. The predicted molar refractivity (Wildman–Crippen MR) is 103 cm³/mol. The van der Waals surface area contributed by atoms with Gasteiger partial charge in [0.2, 0.25) is 5.82 Å². The maximum absolute atomic E-state index is 12.5. The smallest absolute Gasteiger partial charge is 0.309 e. The van der Waals surface area contributed by atoms with Crippen LogP contribution in [-0.4, -0.2) is 41.9 Å². The van der Waals surface area contributed by atoms with E-state index in [0.29, 0.717) is 36.0 Å². The molecule has 1 saturated heterocycles. The van der Waals surface area contributed by atoms with Gasteiger partial charge in [-0.25, -0.2) is 8.42 Å². The van der Waals surface area contributed by atoms with Crippen molar-refractivity contribution in [3.63, 3.8) is 0 Å². The van der Waals surface area contributed by atoms with Gasteiger partial charge in [-0.3, -0.25) is 4.79 Å². The van der Waals surface area contributed by atoms with E-state index in [-0.39, 0.29) is 24.4 Å². The Morgan fingerprint density at radius 1 is 1.21 bits per heavy atom. The molecule has 28 heavy (non-hydrogen) atoms. The molecular weight excluding hydrogens is 422 g/mol. The summed E-state index contributed by atoms with van der Waals surface area (Å²) in [5.41, 5.74) is 0. The van der Waals surface area contributed by atoms with Crippen LogP contribution in [0.1, 0.15) is 18.7 Å². The first-order valence-electron chi connectivity index (χ1n) is 8.61. The summed E-state index contributed by atoms with van der Waals surface area (Å²) >= 11 is 2.69. The zero-order valence-corrected chi connectivity index (χ0v) is 17.1. The Labute approximate surface area is 169 Å². The number of hydrogen-bond acceptors (Lipinski definition) is 9. The lowest BCUT2D eigenvalue weighted by Crippen LogP contribution is -2.40. The van der Waals surface area contributed by atoms with Crippen molar-refractivity contribution in [3.05, 3.63) is 40.9 Å². The summed E-state index contributed by atoms with van der Waals surface area (Å²) < 4.78 is 37.2. The molecule has 0 atom stereocenters. The van der Waals surface area contributed by atoms with Crippen LogP contribution in [0.3, 0.4) is 0 Å². The van der Waals surface area contributed by atoms with Crippen LogP contribution in [0.2, 0.25) is 0 Å². The highest BCUT2D eigenvalue weighted by atomic mass is 32.2. The summed E-state index contributed by atoms with van der Waals surface area (Å²) in [7, 11) is -3.47. The zero-order valence-electron chi connectivity index (χ0n) is 14.7. The lowest BCUT2D eigenvalue weighted by atomic mass is 9.98. The Kier molecular flexibility index (Phi) is 5.58. The Bertz CT molecular complexity index is 1020. The monoisotopic (exact) mass is 439 g/mol. The van der Waals surface area contributed by atoms with Crippen LogP contribution in [0.25, 0.3) is 10.7 Å². The number of hydrogen-bond donors (Lipinski definition) is 0. The number of rotatable bonds is 6. The van der Waals surface area contributed by atoms with E-state index in [1.54, 1.807) is 17.5 Å². The number of nitrogens with zero attached hydrogens (tertiary/aromatic N) is 3. The quantitative estimate of drug-likeness (QED) is 0.544. The molecule has 0 radical (unpaired) electrons. The first-order valence-corrected chi connectivity index (χ1v) is 11.8. The topological polar surface area (TPSA) is 103 Å². The minimum Gasteiger partial charge on any atom is -0.455 e. The molecule has 0 amide bonds. The van der Waals surface area contributed by atoms with Crippen LogP contribution in [0.4, 0.5) is 0 Å². The van der Waals surface area contributed by atoms with Crippen LogP contribution < -0.4 is 0 Å². The standard InChI is InChI=1S/C17H17N3O5S3/c21-17(24-11-14-18-16(19-25-14)13-3-1-9-26-13)12-5-7-20(8-6-12)28(22,23)15-4-2-10-27-15/h1-4,9-10,12H,5-8,11H2. The molecule has 1 fully saturated rings. The maximum atomic E-state index is 12.5. The van der Waals surface area contributed by atoms with Crippen molar-refractivity contribution in [1.82, 2.24) is 14.4 Å². The molecule has 0 saturated carbocycles. The van der Waals surface area contributed by atoms with Gasteiger partial charge in [0.1, 0.15) is 4.21 Å². The van der Waals surface area contributed by atoms with E-state index in [4.69, 9.17) is 9.26 Å². The van der Waals surface area contributed by atoms with Crippen LogP contribution in [0, 0.1) is 5.92 Å². The highest BCUT2D eigenvalue weighted by molar-refractivity contribution is 7.91. The molecule has 0 unspecified atom stereocenters. The fourth-order valence-electron chi connectivity index (χ4n) is 2.94. The number of carbonyl (C=O) groups excluding carboxylic acids is 1. The largest absolute Gasteiger partial charge is 0.455 e. The fourth-order valence-corrected chi connectivity index (χ4v) is 6.20. The highest BCUT2D eigenvalue weighted by Crippen LogP contribution is 2.27. The van der Waals surface area contributed by atoms with Crippen LogP contribution in [-0.2, 0) is 26.2 Å². The molecule has 0 N–H and O–H groups in total. The van der Waals surface area contributed by atoms with Gasteiger partial charge >= 0.3 is 5.97 Å². The van der Waals surface area contributed by atoms with Crippen molar-refractivity contribution in [2.75, 3.05) is 13.1 Å². The number of sulfonamides is 1. The number of carbonyl (C=O) groups is 1. The van der Waals surface area contributed by atoms with Crippen molar-refractivity contribution in [3.8, 4) is 10.7 Å². The Morgan fingerprint density at radius 3 is 2.64 bits per heavy atom. The second-order valence-corrected chi connectivity index (χ2v) is 10.3. The molecule has 4 heterocycles. The zero-order chi connectivity index (χ0) is 19.6. The van der Waals surface area contributed by atoms with E-state index < -0.39 is 10.0 Å². The molecule has 1 aliphatic rings. The van der Waals surface area contributed by atoms with Gasteiger partial charge in [-0.15, -0.1) is 22.7 Å². The number of ether oxygens (including phenoxy) is 1. The number of esters is 1. The number of aromatic nitrogens is 2. The highest BCUT2D eigenvalue weighted by Gasteiger charge is 2.33. The molecule has 0 aromatic carbocycles. The average molecular weight is 440 g/mol. The second kappa shape index (κ2) is 8.11. The third kappa shape index (κ3) is 4.02. The van der Waals surface area contributed by atoms with Crippen molar-refractivity contribution < 1.29 is 22.5 Å². The number of thiophene rings is 2. The SMILES string of the molecule is O=C(OCc1nc(-c2cccs2)no1)C1CCN(S(=O)(=O)c2cccs2)CC1. The molecule has 0 spiro atoms. The molecule has 4 rings (SSSR count). The van der Waals surface area contributed by atoms with Crippen molar-refractivity contribution >= 4 is 38.7 Å². The molecule has 11 heteroatoms. The molecule has 0 aliphatic carbocycles. The van der Waals surface area contributed by atoms with Crippen LogP contribution in [0.15, 0.2) is 43.8 Å². The molecule has 148 valence electrons. The molecule has 8 nitrogen and oxygen atoms in total. The normalized spacial score (nSPS) is 16.3. The van der Waals surface area contributed by atoms with Gasteiger partial charge < -0.3 is 9.26 Å². The summed E-state index contributed by atoms with van der Waals surface area (Å²) in [6, 6.07) is 7.07. The van der Waals surface area contributed by atoms with E-state index in [0.717, 1.165) is 4.88 Å². The van der Waals surface area contributed by atoms with Gasteiger partial charge in [0.25, 0.3) is 15.9 Å². The lowest BCUT2D eigenvalue weighted by molar-refractivity contribution is -0.152. The van der Waals surface area contributed by atoms with Gasteiger partial charge in [0.15, 0.2) is 6.61 Å². The van der Waals surface area contributed by atoms with E-state index in [1.807, 2.05) is 17.5 Å². The molecule has 0 bridgehead atoms. The first kappa shape index (κ1) is 19.2. The Morgan fingerprint density at radius 2 is 1.96 bits per heavy atom. The number of piperidine rings is 1. The second-order valence-electron chi connectivity index (χ2n) is 6.21. The molecule has 1 aliphatic heterocycles. The minimum atomic E-state index is -3.47. The van der Waals surface area contributed by atoms with Crippen molar-refractivity contribution in [2.24, 2.45) is 5.92 Å². The van der Waals surface area contributed by atoms with Gasteiger partial charge in [-0.1, -0.05) is 17.3 Å². The Hall–Kier alpha value is -2.08. The van der Waals surface area contributed by atoms with E-state index >= 15 is 0 Å². The van der Waals surface area contributed by atoms with Crippen molar-refractivity contribution in [1.29, 1.82) is 0 Å².